The van der Waals surface area contributed by atoms with Crippen LogP contribution in [0.5, 0.6) is 0 Å². The molecule has 1 aliphatic heterocycles. The number of nitrogens with one attached hydrogen (secondary N) is 2. The first-order valence-electron chi connectivity index (χ1n) is 9.89. The molecule has 0 aliphatic carbocycles. The quantitative estimate of drug-likeness (QED) is 0.654. The SMILES string of the molecule is CC(=O)NC(C)C(=O)N1CC(O)CC1C(=O)NCc1ccc(-c2ccccc2)nc1. The van der Waals surface area contributed by atoms with Gasteiger partial charge >= 0.3 is 0 Å². The summed E-state index contributed by atoms with van der Waals surface area (Å²) in [6.45, 7) is 3.21. The van der Waals surface area contributed by atoms with E-state index in [4.69, 9.17) is 0 Å². The molecule has 158 valence electrons. The minimum Gasteiger partial charge on any atom is -0.391 e. The van der Waals surface area contributed by atoms with Crippen LogP contribution in [-0.4, -0.2) is 57.4 Å². The van der Waals surface area contributed by atoms with E-state index in [1.54, 1.807) is 13.1 Å². The van der Waals surface area contributed by atoms with Gasteiger partial charge in [-0.05, 0) is 18.6 Å². The van der Waals surface area contributed by atoms with Crippen molar-refractivity contribution >= 4 is 17.7 Å². The molecule has 0 bridgehead atoms. The van der Waals surface area contributed by atoms with Crippen molar-refractivity contribution in [2.45, 2.75) is 45.0 Å². The fraction of sp³-hybridized carbons (Fsp3) is 0.364. The Morgan fingerprint density at radius 3 is 2.57 bits per heavy atom. The van der Waals surface area contributed by atoms with Crippen molar-refractivity contribution in [3.8, 4) is 11.3 Å². The molecule has 1 saturated heterocycles. The van der Waals surface area contributed by atoms with Gasteiger partial charge in [-0.1, -0.05) is 36.4 Å². The van der Waals surface area contributed by atoms with Gasteiger partial charge in [0.2, 0.25) is 17.7 Å². The molecule has 1 aromatic carbocycles. The lowest BCUT2D eigenvalue weighted by Gasteiger charge is -2.26. The van der Waals surface area contributed by atoms with E-state index < -0.39 is 24.1 Å². The average molecular weight is 410 g/mol. The van der Waals surface area contributed by atoms with Gasteiger partial charge in [0.05, 0.1) is 11.8 Å². The minimum atomic E-state index is -0.778. The number of pyridine rings is 1. The molecule has 0 saturated carbocycles. The van der Waals surface area contributed by atoms with E-state index in [9.17, 15) is 19.5 Å². The lowest BCUT2D eigenvalue weighted by molar-refractivity contribution is -0.141. The zero-order valence-corrected chi connectivity index (χ0v) is 17.0. The first kappa shape index (κ1) is 21.4. The van der Waals surface area contributed by atoms with Crippen LogP contribution in [0.3, 0.4) is 0 Å². The van der Waals surface area contributed by atoms with E-state index >= 15 is 0 Å². The number of benzene rings is 1. The van der Waals surface area contributed by atoms with Crippen molar-refractivity contribution in [3.05, 3.63) is 54.2 Å². The number of β-amino-alcohol motifs (C(OH)–C–C–N with tert-alkyl or cyclic N) is 1. The Morgan fingerprint density at radius 2 is 1.93 bits per heavy atom. The predicted octanol–water partition coefficient (Wildman–Crippen LogP) is 0.851. The lowest BCUT2D eigenvalue weighted by Crippen LogP contribution is -2.52. The maximum atomic E-state index is 12.7. The number of amides is 3. The maximum Gasteiger partial charge on any atom is 0.245 e. The number of aromatic nitrogens is 1. The third-order valence-corrected chi connectivity index (χ3v) is 5.02. The van der Waals surface area contributed by atoms with Gasteiger partial charge in [0, 0.05) is 38.2 Å². The topological polar surface area (TPSA) is 112 Å². The Morgan fingerprint density at radius 1 is 1.20 bits per heavy atom. The third-order valence-electron chi connectivity index (χ3n) is 5.02. The highest BCUT2D eigenvalue weighted by atomic mass is 16.3. The summed E-state index contributed by atoms with van der Waals surface area (Å²) < 4.78 is 0. The van der Waals surface area contributed by atoms with Gasteiger partial charge in [-0.3, -0.25) is 19.4 Å². The molecule has 3 rings (SSSR count). The highest BCUT2D eigenvalue weighted by molar-refractivity contribution is 5.92. The largest absolute Gasteiger partial charge is 0.391 e. The molecule has 2 aromatic rings. The van der Waals surface area contributed by atoms with E-state index in [1.807, 2.05) is 42.5 Å². The molecule has 0 radical (unpaired) electrons. The predicted molar refractivity (Wildman–Crippen MR) is 111 cm³/mol. The maximum absolute atomic E-state index is 12.7. The van der Waals surface area contributed by atoms with E-state index in [-0.39, 0.29) is 31.3 Å². The summed E-state index contributed by atoms with van der Waals surface area (Å²) in [6.07, 6.45) is 1.09. The molecule has 3 amide bonds. The zero-order valence-electron chi connectivity index (χ0n) is 17.0. The second kappa shape index (κ2) is 9.49. The monoisotopic (exact) mass is 410 g/mol. The van der Waals surface area contributed by atoms with Crippen LogP contribution < -0.4 is 10.6 Å². The molecule has 3 N–H and O–H groups in total. The van der Waals surface area contributed by atoms with Gasteiger partial charge < -0.3 is 20.6 Å². The van der Waals surface area contributed by atoms with Gasteiger partial charge in [-0.15, -0.1) is 0 Å². The Balaban J connectivity index is 1.60. The van der Waals surface area contributed by atoms with Crippen molar-refractivity contribution in [3.63, 3.8) is 0 Å². The number of hydrogen-bond donors (Lipinski definition) is 3. The molecular formula is C22H26N4O4. The van der Waals surface area contributed by atoms with Gasteiger partial charge in [-0.2, -0.15) is 0 Å². The summed E-state index contributed by atoms with van der Waals surface area (Å²) in [4.78, 5) is 42.3. The van der Waals surface area contributed by atoms with Gasteiger partial charge in [-0.25, -0.2) is 0 Å². The smallest absolute Gasteiger partial charge is 0.245 e. The molecule has 1 aliphatic rings. The number of carbonyl (C=O) groups excluding carboxylic acids is 3. The van der Waals surface area contributed by atoms with Gasteiger partial charge in [0.15, 0.2) is 0 Å². The average Bonchev–Trinajstić information content (AvgIpc) is 3.13. The van der Waals surface area contributed by atoms with Crippen LogP contribution in [0.2, 0.25) is 0 Å². The number of aliphatic hydroxyl groups is 1. The Bertz CT molecular complexity index is 901. The van der Waals surface area contributed by atoms with E-state index in [2.05, 4.69) is 15.6 Å². The van der Waals surface area contributed by atoms with Crippen molar-refractivity contribution in [2.24, 2.45) is 0 Å². The summed E-state index contributed by atoms with van der Waals surface area (Å²) in [5.41, 5.74) is 2.68. The first-order valence-corrected chi connectivity index (χ1v) is 9.89. The van der Waals surface area contributed by atoms with E-state index in [1.165, 1.54) is 11.8 Å². The molecule has 30 heavy (non-hydrogen) atoms. The van der Waals surface area contributed by atoms with Gasteiger partial charge in [0.1, 0.15) is 12.1 Å². The molecule has 8 nitrogen and oxygen atoms in total. The summed E-state index contributed by atoms with van der Waals surface area (Å²) >= 11 is 0. The Labute approximate surface area is 175 Å². The van der Waals surface area contributed by atoms with Crippen molar-refractivity contribution in [2.75, 3.05) is 6.54 Å². The van der Waals surface area contributed by atoms with Gasteiger partial charge in [0.25, 0.3) is 0 Å². The highest BCUT2D eigenvalue weighted by Crippen LogP contribution is 2.20. The number of carbonyl (C=O) groups is 3. The molecule has 3 unspecified atom stereocenters. The van der Waals surface area contributed by atoms with E-state index in [0.717, 1.165) is 16.8 Å². The van der Waals surface area contributed by atoms with Crippen molar-refractivity contribution in [1.29, 1.82) is 0 Å². The molecule has 2 heterocycles. The second-order valence-electron chi connectivity index (χ2n) is 7.45. The molecule has 1 aromatic heterocycles. The fourth-order valence-corrected chi connectivity index (χ4v) is 3.54. The number of aliphatic hydroxyl groups excluding tert-OH is 1. The standard InChI is InChI=1S/C22H26N4O4/c1-14(25-15(2)27)22(30)26-13-18(28)10-20(26)21(29)24-12-16-8-9-19(23-11-16)17-6-4-3-5-7-17/h3-9,11,14,18,20,28H,10,12-13H2,1-2H3,(H,24,29)(H,25,27). The van der Waals surface area contributed by atoms with Crippen molar-refractivity contribution in [1.82, 2.24) is 20.5 Å². The second-order valence-corrected chi connectivity index (χ2v) is 7.45. The van der Waals surface area contributed by atoms with Crippen molar-refractivity contribution < 1.29 is 19.5 Å². The number of likely N-dealkylation sites (tertiary alicyclic amines) is 1. The first-order chi connectivity index (χ1) is 14.3. The lowest BCUT2D eigenvalue weighted by atomic mass is 10.1. The summed E-state index contributed by atoms with van der Waals surface area (Å²) in [6, 6.07) is 12.0. The Hall–Kier alpha value is -3.26. The molecule has 8 heteroatoms. The minimum absolute atomic E-state index is 0.0637. The van der Waals surface area contributed by atoms with Crippen LogP contribution in [0.4, 0.5) is 0 Å². The normalized spacial score (nSPS) is 19.2. The molecule has 3 atom stereocenters. The van der Waals surface area contributed by atoms with Crippen LogP contribution in [0, 0.1) is 0 Å². The van der Waals surface area contributed by atoms with E-state index in [0.29, 0.717) is 0 Å². The number of hydrogen-bond acceptors (Lipinski definition) is 5. The van der Waals surface area contributed by atoms with Crippen LogP contribution in [0.25, 0.3) is 11.3 Å². The Kier molecular flexibility index (Phi) is 6.79. The number of rotatable bonds is 6. The summed E-state index contributed by atoms with van der Waals surface area (Å²) in [7, 11) is 0. The van der Waals surface area contributed by atoms with Crippen LogP contribution >= 0.6 is 0 Å². The molecular weight excluding hydrogens is 384 g/mol. The summed E-state index contributed by atoms with van der Waals surface area (Å²) in [5.74, 6) is -1.07. The fourth-order valence-electron chi connectivity index (χ4n) is 3.54. The molecule has 1 fully saturated rings. The third kappa shape index (κ3) is 5.21. The molecule has 0 spiro atoms. The number of nitrogens with zero attached hydrogens (tertiary/aromatic N) is 2. The van der Waals surface area contributed by atoms with Crippen LogP contribution in [0.15, 0.2) is 48.7 Å². The highest BCUT2D eigenvalue weighted by Gasteiger charge is 2.40. The zero-order chi connectivity index (χ0) is 21.7. The van der Waals surface area contributed by atoms with Crippen LogP contribution in [-0.2, 0) is 20.9 Å². The van der Waals surface area contributed by atoms with Crippen LogP contribution in [0.1, 0.15) is 25.8 Å². The summed E-state index contributed by atoms with van der Waals surface area (Å²) in [5, 5.41) is 15.3.